The minimum Gasteiger partial charge on any atom is -0.466 e. The van der Waals surface area contributed by atoms with Crippen LogP contribution in [-0.4, -0.2) is 24.4 Å². The van der Waals surface area contributed by atoms with Gasteiger partial charge >= 0.3 is 12.0 Å². The SMILES string of the molecule is COC(=O)C1=C(C(C)C)NC(=O)NC1c1ccc(SC2CCCCC2)cc1. The van der Waals surface area contributed by atoms with E-state index in [4.69, 9.17) is 4.74 Å². The van der Waals surface area contributed by atoms with E-state index in [9.17, 15) is 9.59 Å². The van der Waals surface area contributed by atoms with E-state index in [1.807, 2.05) is 37.7 Å². The van der Waals surface area contributed by atoms with Gasteiger partial charge in [0.05, 0.1) is 18.7 Å². The predicted molar refractivity (Wildman–Crippen MR) is 107 cm³/mol. The molecule has 1 aliphatic carbocycles. The maximum absolute atomic E-state index is 12.4. The lowest BCUT2D eigenvalue weighted by Crippen LogP contribution is -2.47. The van der Waals surface area contributed by atoms with Crippen LogP contribution in [0.1, 0.15) is 57.6 Å². The average Bonchev–Trinajstić information content (AvgIpc) is 2.68. The molecule has 146 valence electrons. The Hall–Kier alpha value is -1.95. The van der Waals surface area contributed by atoms with Crippen LogP contribution in [0.3, 0.4) is 0 Å². The van der Waals surface area contributed by atoms with Gasteiger partial charge in [-0.3, -0.25) is 0 Å². The molecule has 0 bridgehead atoms. The molecule has 1 atom stereocenters. The van der Waals surface area contributed by atoms with E-state index < -0.39 is 12.0 Å². The van der Waals surface area contributed by atoms with Gasteiger partial charge in [-0.25, -0.2) is 9.59 Å². The largest absolute Gasteiger partial charge is 0.466 e. The molecule has 1 aliphatic heterocycles. The van der Waals surface area contributed by atoms with Crippen molar-refractivity contribution in [1.29, 1.82) is 0 Å². The number of amides is 2. The summed E-state index contributed by atoms with van der Waals surface area (Å²) in [6.45, 7) is 3.90. The van der Waals surface area contributed by atoms with E-state index in [1.165, 1.54) is 44.1 Å². The zero-order valence-corrected chi connectivity index (χ0v) is 17.0. The van der Waals surface area contributed by atoms with Crippen LogP contribution in [0.5, 0.6) is 0 Å². The Bertz CT molecular complexity index is 721. The van der Waals surface area contributed by atoms with Gasteiger partial charge in [0, 0.05) is 15.8 Å². The highest BCUT2D eigenvalue weighted by molar-refractivity contribution is 8.00. The summed E-state index contributed by atoms with van der Waals surface area (Å²) in [4.78, 5) is 25.8. The van der Waals surface area contributed by atoms with E-state index in [1.54, 1.807) is 0 Å². The van der Waals surface area contributed by atoms with Gasteiger partial charge in [0.1, 0.15) is 0 Å². The van der Waals surface area contributed by atoms with Gasteiger partial charge in [-0.1, -0.05) is 45.2 Å². The summed E-state index contributed by atoms with van der Waals surface area (Å²) in [6.07, 6.45) is 6.56. The summed E-state index contributed by atoms with van der Waals surface area (Å²) >= 11 is 1.93. The first kappa shape index (κ1) is 19.8. The number of carbonyl (C=O) groups excluding carboxylic acids is 2. The van der Waals surface area contributed by atoms with Crippen molar-refractivity contribution in [3.8, 4) is 0 Å². The Morgan fingerprint density at radius 2 is 1.81 bits per heavy atom. The lowest BCUT2D eigenvalue weighted by atomic mass is 9.91. The molecule has 27 heavy (non-hydrogen) atoms. The molecule has 0 spiro atoms. The van der Waals surface area contributed by atoms with E-state index in [0.29, 0.717) is 16.5 Å². The minimum atomic E-state index is -0.502. The third-order valence-corrected chi connectivity index (χ3v) is 6.50. The molecule has 0 radical (unpaired) electrons. The van der Waals surface area contributed by atoms with Crippen molar-refractivity contribution in [3.05, 3.63) is 41.1 Å². The van der Waals surface area contributed by atoms with E-state index >= 15 is 0 Å². The zero-order chi connectivity index (χ0) is 19.4. The number of methoxy groups -OCH3 is 1. The topological polar surface area (TPSA) is 67.4 Å². The van der Waals surface area contributed by atoms with E-state index in [0.717, 1.165) is 5.56 Å². The average molecular weight is 389 g/mol. The summed E-state index contributed by atoms with van der Waals surface area (Å²) in [5, 5.41) is 6.33. The number of urea groups is 1. The minimum absolute atomic E-state index is 0.00813. The standard InChI is InChI=1S/C21H28N2O3S/c1-13(2)18-17(20(24)26-3)19(23-21(25)22-18)14-9-11-16(12-10-14)27-15-7-5-4-6-8-15/h9-13,15,19H,4-8H2,1-3H3,(H2,22,23,25). The maximum atomic E-state index is 12.4. The second-order valence-corrected chi connectivity index (χ2v) is 8.83. The first-order chi connectivity index (χ1) is 13.0. The zero-order valence-electron chi connectivity index (χ0n) is 16.2. The van der Waals surface area contributed by atoms with Gasteiger partial charge in [0.15, 0.2) is 0 Å². The highest BCUT2D eigenvalue weighted by Crippen LogP contribution is 2.35. The molecule has 1 heterocycles. The number of nitrogens with one attached hydrogen (secondary N) is 2. The van der Waals surface area contributed by atoms with Crippen molar-refractivity contribution in [2.45, 2.75) is 62.1 Å². The third kappa shape index (κ3) is 4.67. The lowest BCUT2D eigenvalue weighted by Gasteiger charge is -2.30. The molecule has 0 saturated heterocycles. The first-order valence-corrected chi connectivity index (χ1v) is 10.5. The number of hydrogen-bond acceptors (Lipinski definition) is 4. The molecule has 2 amide bonds. The maximum Gasteiger partial charge on any atom is 0.337 e. The first-order valence-electron chi connectivity index (χ1n) is 9.66. The van der Waals surface area contributed by atoms with Gasteiger partial charge in [-0.15, -0.1) is 11.8 Å². The summed E-state index contributed by atoms with van der Waals surface area (Å²) < 4.78 is 4.99. The third-order valence-electron chi connectivity index (χ3n) is 5.15. The van der Waals surface area contributed by atoms with Crippen LogP contribution >= 0.6 is 11.8 Å². The highest BCUT2D eigenvalue weighted by atomic mass is 32.2. The molecular weight excluding hydrogens is 360 g/mol. The van der Waals surface area contributed by atoms with Gasteiger partial charge in [-0.05, 0) is 36.5 Å². The Kier molecular flexibility index (Phi) is 6.47. The summed E-state index contributed by atoms with van der Waals surface area (Å²) in [6, 6.07) is 7.39. The van der Waals surface area contributed by atoms with Crippen molar-refractivity contribution in [2.24, 2.45) is 5.92 Å². The molecule has 2 N–H and O–H groups in total. The summed E-state index contributed by atoms with van der Waals surface area (Å²) in [5.74, 6) is -0.411. The molecule has 3 rings (SSSR count). The van der Waals surface area contributed by atoms with Crippen LogP contribution < -0.4 is 10.6 Å². The lowest BCUT2D eigenvalue weighted by molar-refractivity contribution is -0.136. The van der Waals surface area contributed by atoms with Crippen molar-refractivity contribution >= 4 is 23.8 Å². The van der Waals surface area contributed by atoms with Crippen LogP contribution in [0.2, 0.25) is 0 Å². The Labute approximate surface area is 165 Å². The normalized spacial score (nSPS) is 21.0. The van der Waals surface area contributed by atoms with Crippen LogP contribution in [0.4, 0.5) is 4.79 Å². The molecular formula is C21H28N2O3S. The van der Waals surface area contributed by atoms with Crippen LogP contribution in [0.15, 0.2) is 40.4 Å². The molecule has 1 aromatic rings. The fourth-order valence-electron chi connectivity index (χ4n) is 3.74. The van der Waals surface area contributed by atoms with Gasteiger partial charge < -0.3 is 15.4 Å². The predicted octanol–water partition coefficient (Wildman–Crippen LogP) is 4.55. The quantitative estimate of drug-likeness (QED) is 0.726. The Balaban J connectivity index is 1.85. The molecule has 6 heteroatoms. The smallest absolute Gasteiger partial charge is 0.337 e. The molecule has 0 aromatic heterocycles. The number of allylic oxidation sites excluding steroid dienone is 1. The Morgan fingerprint density at radius 1 is 1.15 bits per heavy atom. The second kappa shape index (κ2) is 8.83. The number of ether oxygens (including phenoxy) is 1. The van der Waals surface area contributed by atoms with Crippen LogP contribution in [0.25, 0.3) is 0 Å². The second-order valence-electron chi connectivity index (χ2n) is 7.45. The van der Waals surface area contributed by atoms with E-state index in [2.05, 4.69) is 22.8 Å². The molecule has 1 unspecified atom stereocenters. The molecule has 2 aliphatic rings. The number of esters is 1. The summed E-state index contributed by atoms with van der Waals surface area (Å²) in [5.41, 5.74) is 1.98. The molecule has 1 aromatic carbocycles. The van der Waals surface area contributed by atoms with Gasteiger partial charge in [0.2, 0.25) is 0 Å². The van der Waals surface area contributed by atoms with Crippen molar-refractivity contribution < 1.29 is 14.3 Å². The van der Waals surface area contributed by atoms with Crippen molar-refractivity contribution in [1.82, 2.24) is 10.6 Å². The number of hydrogen-bond donors (Lipinski definition) is 2. The van der Waals surface area contributed by atoms with Crippen LogP contribution in [0, 0.1) is 5.92 Å². The fraction of sp³-hybridized carbons (Fsp3) is 0.524. The highest BCUT2D eigenvalue weighted by Gasteiger charge is 2.34. The van der Waals surface area contributed by atoms with Gasteiger partial charge in [-0.2, -0.15) is 0 Å². The van der Waals surface area contributed by atoms with Crippen molar-refractivity contribution in [3.63, 3.8) is 0 Å². The number of benzene rings is 1. The molecule has 5 nitrogen and oxygen atoms in total. The molecule has 1 fully saturated rings. The number of thioether (sulfide) groups is 1. The van der Waals surface area contributed by atoms with Crippen molar-refractivity contribution in [2.75, 3.05) is 7.11 Å². The monoisotopic (exact) mass is 388 g/mol. The van der Waals surface area contributed by atoms with Crippen LogP contribution in [-0.2, 0) is 9.53 Å². The number of rotatable bonds is 5. The summed E-state index contributed by atoms with van der Waals surface area (Å²) in [7, 11) is 1.37. The van der Waals surface area contributed by atoms with E-state index in [-0.39, 0.29) is 11.9 Å². The number of carbonyl (C=O) groups is 2. The Morgan fingerprint density at radius 3 is 2.41 bits per heavy atom. The molecule has 1 saturated carbocycles. The van der Waals surface area contributed by atoms with Gasteiger partial charge in [0.25, 0.3) is 0 Å². The fourth-order valence-corrected chi connectivity index (χ4v) is 4.99.